The quantitative estimate of drug-likeness (QED) is 0.781. The molecule has 86 valence electrons. The third-order valence-electron chi connectivity index (χ3n) is 2.37. The second-order valence-electron chi connectivity index (χ2n) is 3.59. The number of hydrogen-bond donors (Lipinski definition) is 0. The molecule has 0 radical (unpaired) electrons. The molecule has 16 heavy (non-hydrogen) atoms. The summed E-state index contributed by atoms with van der Waals surface area (Å²) < 4.78 is 12.7. The molecule has 1 aromatic rings. The van der Waals surface area contributed by atoms with Gasteiger partial charge in [-0.1, -0.05) is 28.1 Å². The predicted octanol–water partition coefficient (Wildman–Crippen LogP) is 2.25. The molecule has 0 spiro atoms. The summed E-state index contributed by atoms with van der Waals surface area (Å²) >= 11 is 3.29. The van der Waals surface area contributed by atoms with Crippen molar-refractivity contribution in [2.75, 3.05) is 6.61 Å². The van der Waals surface area contributed by atoms with Gasteiger partial charge in [0, 0.05) is 0 Å². The van der Waals surface area contributed by atoms with Crippen LogP contribution in [0.3, 0.4) is 0 Å². The summed E-state index contributed by atoms with van der Waals surface area (Å²) in [5.41, 5.74) is 0.844. The van der Waals surface area contributed by atoms with Crippen molar-refractivity contribution in [2.45, 2.75) is 17.8 Å². The molecule has 1 fully saturated rings. The fraction of sp³-hybridized carbons (Fsp3) is 0.364. The maximum absolute atomic E-state index is 12.7. The Morgan fingerprint density at radius 3 is 2.81 bits per heavy atom. The number of benzene rings is 1. The molecule has 5 heteroatoms. The van der Waals surface area contributed by atoms with Crippen LogP contribution in [0, 0.1) is 5.82 Å². The van der Waals surface area contributed by atoms with E-state index >= 15 is 0 Å². The van der Waals surface area contributed by atoms with Crippen molar-refractivity contribution >= 4 is 21.8 Å². The van der Waals surface area contributed by atoms with Gasteiger partial charge in [-0.05, 0) is 24.1 Å². The molecule has 3 nitrogen and oxygen atoms in total. The lowest BCUT2D eigenvalue weighted by molar-refractivity contribution is -0.200. The molecule has 0 aliphatic carbocycles. The fourth-order valence-corrected chi connectivity index (χ4v) is 1.90. The third-order valence-corrected chi connectivity index (χ3v) is 3.22. The van der Waals surface area contributed by atoms with Gasteiger partial charge in [0.15, 0.2) is 0 Å². The molecule has 1 aliphatic heterocycles. The van der Waals surface area contributed by atoms with Crippen LogP contribution in [0.2, 0.25) is 0 Å². The topological polar surface area (TPSA) is 29.5 Å². The predicted molar refractivity (Wildman–Crippen MR) is 60.2 cm³/mol. The summed E-state index contributed by atoms with van der Waals surface area (Å²) in [6.45, 7) is 0.865. The number of hydrogen-bond acceptors (Lipinski definition) is 2. The molecule has 0 bridgehead atoms. The summed E-state index contributed by atoms with van der Waals surface area (Å²) in [6.07, 6.45) is 0.679. The highest BCUT2D eigenvalue weighted by Gasteiger charge is 2.27. The largest absolute Gasteiger partial charge is 0.271 e. The molecule has 0 aromatic heterocycles. The van der Waals surface area contributed by atoms with Crippen molar-refractivity contribution in [3.05, 3.63) is 35.6 Å². The monoisotopic (exact) mass is 287 g/mol. The molecule has 1 heterocycles. The van der Waals surface area contributed by atoms with Crippen LogP contribution < -0.4 is 0 Å². The molecule has 0 N–H and O–H groups in total. The lowest BCUT2D eigenvalue weighted by Crippen LogP contribution is -2.41. The molecular weight excluding hydrogens is 277 g/mol. The van der Waals surface area contributed by atoms with Crippen molar-refractivity contribution in [2.24, 2.45) is 0 Å². The van der Waals surface area contributed by atoms with E-state index in [0.717, 1.165) is 5.56 Å². The first-order valence-electron chi connectivity index (χ1n) is 4.99. The highest BCUT2D eigenvalue weighted by molar-refractivity contribution is 9.10. The molecule has 1 amide bonds. The van der Waals surface area contributed by atoms with Gasteiger partial charge in [-0.2, -0.15) is 0 Å². The minimum absolute atomic E-state index is 0.0874. The first kappa shape index (κ1) is 11.5. The zero-order valence-corrected chi connectivity index (χ0v) is 10.1. The average molecular weight is 288 g/mol. The second-order valence-corrected chi connectivity index (χ2v) is 4.70. The van der Waals surface area contributed by atoms with E-state index in [-0.39, 0.29) is 16.6 Å². The van der Waals surface area contributed by atoms with Crippen LogP contribution in [0.5, 0.6) is 0 Å². The fourth-order valence-electron chi connectivity index (χ4n) is 1.49. The number of halogens is 2. The second kappa shape index (κ2) is 4.93. The van der Waals surface area contributed by atoms with E-state index in [1.165, 1.54) is 17.2 Å². The average Bonchev–Trinajstić information content (AvgIpc) is 2.28. The first-order chi connectivity index (χ1) is 7.66. The van der Waals surface area contributed by atoms with E-state index in [4.69, 9.17) is 4.84 Å². The number of carbonyl (C=O) groups is 1. The van der Waals surface area contributed by atoms with Crippen LogP contribution in [0.15, 0.2) is 24.3 Å². The van der Waals surface area contributed by atoms with Crippen molar-refractivity contribution in [1.82, 2.24) is 5.06 Å². The summed E-state index contributed by atoms with van der Waals surface area (Å²) in [4.78, 5) is 16.8. The van der Waals surface area contributed by atoms with E-state index in [9.17, 15) is 9.18 Å². The Kier molecular flexibility index (Phi) is 3.56. The van der Waals surface area contributed by atoms with Crippen molar-refractivity contribution in [1.29, 1.82) is 0 Å². The molecule has 1 unspecified atom stereocenters. The van der Waals surface area contributed by atoms with E-state index in [1.54, 1.807) is 12.1 Å². The Bertz CT molecular complexity index is 382. The smallest absolute Gasteiger partial charge is 0.260 e. The van der Waals surface area contributed by atoms with Crippen LogP contribution in [0.25, 0.3) is 0 Å². The van der Waals surface area contributed by atoms with E-state index in [0.29, 0.717) is 19.6 Å². The summed E-state index contributed by atoms with van der Waals surface area (Å²) in [7, 11) is 0. The van der Waals surface area contributed by atoms with E-state index in [1.807, 2.05) is 0 Å². The molecule has 1 saturated heterocycles. The first-order valence-corrected chi connectivity index (χ1v) is 5.91. The number of rotatable bonds is 2. The zero-order chi connectivity index (χ0) is 11.5. The SMILES string of the molecule is O=C1C(Br)CCON1Cc1ccc(F)cc1. The Morgan fingerprint density at radius 2 is 2.12 bits per heavy atom. The van der Waals surface area contributed by atoms with Gasteiger partial charge in [0.1, 0.15) is 5.82 Å². The molecule has 1 aliphatic rings. The van der Waals surface area contributed by atoms with Gasteiger partial charge < -0.3 is 0 Å². The number of nitrogens with zero attached hydrogens (tertiary/aromatic N) is 1. The van der Waals surface area contributed by atoms with Crippen LogP contribution in [0.4, 0.5) is 4.39 Å². The maximum Gasteiger partial charge on any atom is 0.260 e. The molecule has 2 rings (SSSR count). The number of carbonyl (C=O) groups excluding carboxylic acids is 1. The highest BCUT2D eigenvalue weighted by Crippen LogP contribution is 2.18. The Labute approximate surface area is 101 Å². The van der Waals surface area contributed by atoms with Gasteiger partial charge >= 0.3 is 0 Å². The molecule has 0 saturated carbocycles. The normalized spacial score (nSPS) is 21.2. The number of alkyl halides is 1. The summed E-state index contributed by atoms with van der Waals surface area (Å²) in [5, 5.41) is 1.32. The van der Waals surface area contributed by atoms with E-state index in [2.05, 4.69) is 15.9 Å². The molecular formula is C11H11BrFNO2. The van der Waals surface area contributed by atoms with Gasteiger partial charge in [0.2, 0.25) is 0 Å². The van der Waals surface area contributed by atoms with Crippen molar-refractivity contribution in [3.8, 4) is 0 Å². The standard InChI is InChI=1S/C11H11BrFNO2/c12-10-5-6-16-14(11(10)15)7-8-1-3-9(13)4-2-8/h1-4,10H,5-7H2. The summed E-state index contributed by atoms with van der Waals surface area (Å²) in [6, 6.07) is 6.03. The van der Waals surface area contributed by atoms with Crippen LogP contribution in [-0.2, 0) is 16.2 Å². The minimum Gasteiger partial charge on any atom is -0.271 e. The molecule has 1 aromatic carbocycles. The van der Waals surface area contributed by atoms with Crippen LogP contribution >= 0.6 is 15.9 Å². The minimum atomic E-state index is -0.284. The highest BCUT2D eigenvalue weighted by atomic mass is 79.9. The van der Waals surface area contributed by atoms with Gasteiger partial charge in [-0.25, -0.2) is 9.45 Å². The van der Waals surface area contributed by atoms with Gasteiger partial charge in [0.25, 0.3) is 5.91 Å². The number of hydroxylamine groups is 2. The summed E-state index contributed by atoms with van der Waals surface area (Å²) in [5.74, 6) is -0.372. The van der Waals surface area contributed by atoms with Crippen molar-refractivity contribution in [3.63, 3.8) is 0 Å². The lowest BCUT2D eigenvalue weighted by atomic mass is 10.2. The van der Waals surface area contributed by atoms with Crippen molar-refractivity contribution < 1.29 is 14.0 Å². The van der Waals surface area contributed by atoms with Crippen LogP contribution in [0.1, 0.15) is 12.0 Å². The van der Waals surface area contributed by atoms with Gasteiger partial charge in [-0.15, -0.1) is 0 Å². The van der Waals surface area contributed by atoms with Gasteiger partial charge in [0.05, 0.1) is 18.0 Å². The Balaban J connectivity index is 2.03. The Morgan fingerprint density at radius 1 is 1.44 bits per heavy atom. The van der Waals surface area contributed by atoms with Gasteiger partial charge in [-0.3, -0.25) is 9.63 Å². The third kappa shape index (κ3) is 2.59. The zero-order valence-electron chi connectivity index (χ0n) is 8.53. The Hall–Kier alpha value is -0.940. The number of amides is 1. The lowest BCUT2D eigenvalue weighted by Gasteiger charge is -2.28. The molecule has 1 atom stereocenters. The maximum atomic E-state index is 12.7. The van der Waals surface area contributed by atoms with E-state index < -0.39 is 0 Å². The van der Waals surface area contributed by atoms with Crippen LogP contribution in [-0.4, -0.2) is 22.4 Å².